The lowest BCUT2D eigenvalue weighted by molar-refractivity contribution is -0.376. The Morgan fingerprint density at radius 3 is 2.64 bits per heavy atom. The van der Waals surface area contributed by atoms with Crippen molar-refractivity contribution in [2.24, 2.45) is 0 Å². The largest absolute Gasteiger partial charge is 0.497 e. The van der Waals surface area contributed by atoms with Crippen molar-refractivity contribution in [1.82, 2.24) is 10.3 Å². The van der Waals surface area contributed by atoms with E-state index in [9.17, 15) is 10.1 Å². The van der Waals surface area contributed by atoms with Crippen molar-refractivity contribution < 1.29 is 9.66 Å². The maximum atomic E-state index is 11.7. The average Bonchev–Trinajstić information content (AvgIpc) is 3.03. The van der Waals surface area contributed by atoms with Gasteiger partial charge in [0.05, 0.1) is 22.2 Å². The Balaban J connectivity index is 2.08. The summed E-state index contributed by atoms with van der Waals surface area (Å²) in [6.07, 6.45) is 0. The van der Waals surface area contributed by atoms with E-state index in [2.05, 4.69) is 15.6 Å². The van der Waals surface area contributed by atoms with Gasteiger partial charge in [-0.3, -0.25) is 10.1 Å². The molecule has 0 amide bonds. The van der Waals surface area contributed by atoms with Crippen molar-refractivity contribution in [3.05, 3.63) is 69.5 Å². The molecule has 0 saturated carbocycles. The normalized spacial score (nSPS) is 11.8. The zero-order valence-corrected chi connectivity index (χ0v) is 14.5. The number of aromatic nitrogens is 1. The lowest BCUT2D eigenvalue weighted by Gasteiger charge is -2.10. The first kappa shape index (κ1) is 16.7. The van der Waals surface area contributed by atoms with Crippen LogP contribution in [0.2, 0.25) is 0 Å². The summed E-state index contributed by atoms with van der Waals surface area (Å²) in [6.45, 7) is 0. The van der Waals surface area contributed by atoms with Crippen molar-refractivity contribution in [2.45, 2.75) is 0 Å². The van der Waals surface area contributed by atoms with Gasteiger partial charge in [0.15, 0.2) is 10.8 Å². The maximum Gasteiger partial charge on any atom is 0.344 e. The van der Waals surface area contributed by atoms with Crippen LogP contribution in [0.3, 0.4) is 0 Å². The monoisotopic (exact) mass is 356 g/mol. The number of hydrogen-bond acceptors (Lipinski definition) is 7. The molecular weight excluding hydrogens is 340 g/mol. The minimum atomic E-state index is -0.434. The number of benzene rings is 2. The van der Waals surface area contributed by atoms with Crippen LogP contribution in [-0.2, 0) is 0 Å². The fourth-order valence-electron chi connectivity index (χ4n) is 2.32. The molecule has 0 saturated heterocycles. The Kier molecular flexibility index (Phi) is 4.80. The highest BCUT2D eigenvalue weighted by Crippen LogP contribution is 2.31. The maximum absolute atomic E-state index is 11.7. The molecule has 2 aromatic carbocycles. The predicted molar refractivity (Wildman–Crippen MR) is 99.2 cm³/mol. The van der Waals surface area contributed by atoms with E-state index in [0.717, 1.165) is 10.4 Å². The fraction of sp³-hybridized carbons (Fsp3) is 0.118. The van der Waals surface area contributed by atoms with E-state index < -0.39 is 4.92 Å². The molecule has 2 N–H and O–H groups in total. The quantitative estimate of drug-likeness (QED) is 0.519. The number of methoxy groups -OCH3 is 1. The Morgan fingerprint density at radius 2 is 2.00 bits per heavy atom. The molecule has 0 aliphatic heterocycles. The van der Waals surface area contributed by atoms with Gasteiger partial charge in [0.25, 0.3) is 0 Å². The van der Waals surface area contributed by atoms with Crippen molar-refractivity contribution in [3.8, 4) is 5.75 Å². The summed E-state index contributed by atoms with van der Waals surface area (Å²) in [6, 6.07) is 14.6. The van der Waals surface area contributed by atoms with E-state index in [1.165, 1.54) is 11.3 Å². The van der Waals surface area contributed by atoms with Crippen LogP contribution in [0.4, 0.5) is 5.69 Å². The van der Waals surface area contributed by atoms with Crippen molar-refractivity contribution in [1.29, 1.82) is 0 Å². The minimum Gasteiger partial charge on any atom is -0.497 e. The number of anilines is 1. The van der Waals surface area contributed by atoms with Gasteiger partial charge in [-0.15, -0.1) is 11.3 Å². The van der Waals surface area contributed by atoms with E-state index in [0.29, 0.717) is 16.3 Å². The number of para-hydroxylation sites is 1. The molecular formula is C17H16N4O3S. The number of nitrogens with one attached hydrogen (secondary N) is 2. The standard InChI is InChI=1S/C17H16N4O3S/c1-18-16(19-11-6-4-3-5-7-11)15(21(22)23)17-20-13-9-8-12(24-2)10-14(13)25-17/h3-10,18-19H,1-2H3/b16-15-. The molecule has 0 atom stereocenters. The van der Waals surface area contributed by atoms with Gasteiger partial charge in [-0.2, -0.15) is 0 Å². The Labute approximate surface area is 148 Å². The molecule has 1 heterocycles. The molecule has 128 valence electrons. The first-order chi connectivity index (χ1) is 12.1. The predicted octanol–water partition coefficient (Wildman–Crippen LogP) is 3.54. The Bertz CT molecular complexity index is 937. The summed E-state index contributed by atoms with van der Waals surface area (Å²) >= 11 is 1.25. The highest BCUT2D eigenvalue weighted by Gasteiger charge is 2.25. The van der Waals surface area contributed by atoms with Crippen LogP contribution in [-0.4, -0.2) is 24.1 Å². The van der Waals surface area contributed by atoms with Crippen LogP contribution >= 0.6 is 11.3 Å². The van der Waals surface area contributed by atoms with Crippen molar-refractivity contribution in [2.75, 3.05) is 19.5 Å². The molecule has 0 spiro atoms. The molecule has 25 heavy (non-hydrogen) atoms. The molecule has 0 fully saturated rings. The zero-order chi connectivity index (χ0) is 17.8. The van der Waals surface area contributed by atoms with E-state index in [-0.39, 0.29) is 11.5 Å². The molecule has 0 aliphatic carbocycles. The van der Waals surface area contributed by atoms with E-state index in [1.807, 2.05) is 36.4 Å². The summed E-state index contributed by atoms with van der Waals surface area (Å²) in [7, 11) is 3.21. The van der Waals surface area contributed by atoms with Crippen LogP contribution in [0.5, 0.6) is 5.75 Å². The van der Waals surface area contributed by atoms with Crippen LogP contribution in [0.15, 0.2) is 54.4 Å². The number of nitrogens with zero attached hydrogens (tertiary/aromatic N) is 2. The lowest BCUT2D eigenvalue weighted by atomic mass is 10.3. The van der Waals surface area contributed by atoms with Gasteiger partial charge in [0.2, 0.25) is 0 Å². The van der Waals surface area contributed by atoms with Crippen LogP contribution < -0.4 is 15.4 Å². The van der Waals surface area contributed by atoms with Gasteiger partial charge in [0, 0.05) is 12.7 Å². The lowest BCUT2D eigenvalue weighted by Crippen LogP contribution is -2.20. The third-order valence-electron chi connectivity index (χ3n) is 3.51. The summed E-state index contributed by atoms with van der Waals surface area (Å²) in [5.41, 5.74) is 1.33. The number of hydrogen-bond donors (Lipinski definition) is 2. The average molecular weight is 356 g/mol. The highest BCUT2D eigenvalue weighted by atomic mass is 32.1. The van der Waals surface area contributed by atoms with Gasteiger partial charge in [0.1, 0.15) is 5.75 Å². The van der Waals surface area contributed by atoms with Crippen LogP contribution in [0.1, 0.15) is 5.01 Å². The summed E-state index contributed by atoms with van der Waals surface area (Å²) in [5, 5.41) is 17.9. The topological polar surface area (TPSA) is 89.3 Å². The third kappa shape index (κ3) is 3.53. The van der Waals surface area contributed by atoms with Crippen molar-refractivity contribution in [3.63, 3.8) is 0 Å². The minimum absolute atomic E-state index is 0.105. The molecule has 3 rings (SSSR count). The smallest absolute Gasteiger partial charge is 0.344 e. The molecule has 0 unspecified atom stereocenters. The zero-order valence-electron chi connectivity index (χ0n) is 13.6. The fourth-order valence-corrected chi connectivity index (χ4v) is 3.33. The summed E-state index contributed by atoms with van der Waals surface area (Å²) in [4.78, 5) is 15.7. The van der Waals surface area contributed by atoms with Gasteiger partial charge in [-0.25, -0.2) is 4.98 Å². The SMILES string of the molecule is CN/C(Nc1ccccc1)=C(\c1nc2ccc(OC)cc2s1)[N+](=O)[O-]. The van der Waals surface area contributed by atoms with Crippen LogP contribution in [0, 0.1) is 10.1 Å². The number of rotatable bonds is 6. The molecule has 1 aromatic heterocycles. The second-order valence-electron chi connectivity index (χ2n) is 5.07. The number of nitro groups is 1. The summed E-state index contributed by atoms with van der Waals surface area (Å²) in [5.74, 6) is 0.966. The van der Waals surface area contributed by atoms with Gasteiger partial charge >= 0.3 is 5.70 Å². The molecule has 0 aliphatic rings. The van der Waals surface area contributed by atoms with E-state index >= 15 is 0 Å². The molecule has 7 nitrogen and oxygen atoms in total. The Morgan fingerprint density at radius 1 is 1.24 bits per heavy atom. The first-order valence-corrected chi connectivity index (χ1v) is 8.27. The van der Waals surface area contributed by atoms with Crippen molar-refractivity contribution >= 4 is 32.9 Å². The number of thiazole rings is 1. The summed E-state index contributed by atoms with van der Waals surface area (Å²) < 4.78 is 6.02. The van der Waals surface area contributed by atoms with E-state index in [4.69, 9.17) is 4.74 Å². The third-order valence-corrected chi connectivity index (χ3v) is 4.54. The number of fused-ring (bicyclic) bond motifs is 1. The van der Waals surface area contributed by atoms with Gasteiger partial charge in [-0.1, -0.05) is 18.2 Å². The Hall–Kier alpha value is -3.13. The molecule has 0 bridgehead atoms. The second kappa shape index (κ2) is 7.18. The van der Waals surface area contributed by atoms with E-state index in [1.54, 1.807) is 26.3 Å². The first-order valence-electron chi connectivity index (χ1n) is 7.46. The molecule has 8 heteroatoms. The molecule has 3 aromatic rings. The molecule has 0 radical (unpaired) electrons. The highest BCUT2D eigenvalue weighted by molar-refractivity contribution is 7.19. The van der Waals surface area contributed by atoms with Gasteiger partial charge < -0.3 is 15.4 Å². The second-order valence-corrected chi connectivity index (χ2v) is 6.11. The number of ether oxygens (including phenoxy) is 1. The van der Waals surface area contributed by atoms with Gasteiger partial charge in [-0.05, 0) is 30.3 Å². The van der Waals surface area contributed by atoms with Crippen LogP contribution in [0.25, 0.3) is 15.9 Å².